The van der Waals surface area contributed by atoms with Gasteiger partial charge in [-0.3, -0.25) is 0 Å². The summed E-state index contributed by atoms with van der Waals surface area (Å²) in [5, 5.41) is 3.36. The normalized spacial score (nSPS) is 11.1. The Morgan fingerprint density at radius 1 is 1.09 bits per heavy atom. The first kappa shape index (κ1) is 14.5. The molecule has 2 aromatic heterocycles. The second-order valence-electron chi connectivity index (χ2n) is 5.47. The van der Waals surface area contributed by atoms with Gasteiger partial charge in [-0.05, 0) is 31.0 Å². The number of aromatic nitrogens is 4. The van der Waals surface area contributed by atoms with E-state index in [1.165, 1.54) is 11.1 Å². The summed E-state index contributed by atoms with van der Waals surface area (Å²) in [6.07, 6.45) is 3.43. The Morgan fingerprint density at radius 3 is 2.64 bits per heavy atom. The molecule has 0 fully saturated rings. The Kier molecular flexibility index (Phi) is 3.79. The van der Waals surface area contributed by atoms with Gasteiger partial charge in [0.25, 0.3) is 0 Å². The number of rotatable bonds is 4. The molecule has 0 unspecified atom stereocenters. The lowest BCUT2D eigenvalue weighted by Gasteiger charge is -2.08. The standard InChI is InChI=1S/C17H21N5/c1-5-12-9-15(19-10-18-12)20-13-7-11(3)17-14(8-13)21-16(6-2)22(17)4/h7-10H,5-6H2,1-4H3,(H,18,19,20). The summed E-state index contributed by atoms with van der Waals surface area (Å²) in [5.41, 5.74) is 5.46. The van der Waals surface area contributed by atoms with Gasteiger partial charge >= 0.3 is 0 Å². The van der Waals surface area contributed by atoms with Crippen molar-refractivity contribution < 1.29 is 0 Å². The average Bonchev–Trinajstić information content (AvgIpc) is 2.84. The molecule has 0 spiro atoms. The monoisotopic (exact) mass is 295 g/mol. The average molecular weight is 295 g/mol. The van der Waals surface area contributed by atoms with Crippen LogP contribution < -0.4 is 5.32 Å². The fraction of sp³-hybridized carbons (Fsp3) is 0.353. The summed E-state index contributed by atoms with van der Waals surface area (Å²) >= 11 is 0. The molecule has 0 atom stereocenters. The molecular weight excluding hydrogens is 274 g/mol. The Balaban J connectivity index is 2.01. The molecule has 1 N–H and O–H groups in total. The fourth-order valence-corrected chi connectivity index (χ4v) is 2.82. The summed E-state index contributed by atoms with van der Waals surface area (Å²) in [5.74, 6) is 1.92. The third-order valence-electron chi connectivity index (χ3n) is 3.93. The quantitative estimate of drug-likeness (QED) is 0.800. The molecule has 0 saturated heterocycles. The Morgan fingerprint density at radius 2 is 1.91 bits per heavy atom. The van der Waals surface area contributed by atoms with Crippen LogP contribution in [0.1, 0.15) is 30.9 Å². The fourth-order valence-electron chi connectivity index (χ4n) is 2.82. The molecule has 114 valence electrons. The van der Waals surface area contributed by atoms with Crippen molar-refractivity contribution in [2.75, 3.05) is 5.32 Å². The third kappa shape index (κ3) is 2.54. The number of aryl methyl sites for hydroxylation is 4. The number of anilines is 2. The van der Waals surface area contributed by atoms with Gasteiger partial charge < -0.3 is 9.88 Å². The minimum atomic E-state index is 0.817. The molecule has 5 heteroatoms. The molecule has 2 heterocycles. The van der Waals surface area contributed by atoms with Crippen LogP contribution in [0.5, 0.6) is 0 Å². The second kappa shape index (κ2) is 5.75. The molecule has 3 rings (SSSR count). The van der Waals surface area contributed by atoms with Crippen LogP contribution in [-0.4, -0.2) is 19.5 Å². The van der Waals surface area contributed by atoms with Gasteiger partial charge in [0, 0.05) is 30.9 Å². The zero-order valence-electron chi connectivity index (χ0n) is 13.5. The van der Waals surface area contributed by atoms with Gasteiger partial charge in [-0.1, -0.05) is 13.8 Å². The van der Waals surface area contributed by atoms with Crippen LogP contribution in [0.15, 0.2) is 24.5 Å². The predicted molar refractivity (Wildman–Crippen MR) is 89.5 cm³/mol. The topological polar surface area (TPSA) is 55.6 Å². The number of imidazole rings is 1. The number of benzene rings is 1. The van der Waals surface area contributed by atoms with Gasteiger partial charge in [0.05, 0.1) is 11.0 Å². The smallest absolute Gasteiger partial charge is 0.133 e. The van der Waals surface area contributed by atoms with E-state index in [9.17, 15) is 0 Å². The molecule has 22 heavy (non-hydrogen) atoms. The van der Waals surface area contributed by atoms with Crippen molar-refractivity contribution in [1.82, 2.24) is 19.5 Å². The number of fused-ring (bicyclic) bond motifs is 1. The van der Waals surface area contributed by atoms with Crippen LogP contribution >= 0.6 is 0 Å². The van der Waals surface area contributed by atoms with E-state index in [2.05, 4.69) is 59.8 Å². The molecule has 3 aromatic rings. The first-order valence-electron chi connectivity index (χ1n) is 7.66. The molecule has 1 aromatic carbocycles. The van der Waals surface area contributed by atoms with E-state index in [0.717, 1.165) is 41.4 Å². The maximum absolute atomic E-state index is 4.72. The zero-order chi connectivity index (χ0) is 15.7. The van der Waals surface area contributed by atoms with Crippen LogP contribution in [0.25, 0.3) is 11.0 Å². The lowest BCUT2D eigenvalue weighted by atomic mass is 10.1. The largest absolute Gasteiger partial charge is 0.340 e. The summed E-state index contributed by atoms with van der Waals surface area (Å²) < 4.78 is 2.17. The SMILES string of the molecule is CCc1cc(Nc2cc(C)c3c(c2)nc(CC)n3C)ncn1. The molecule has 0 aliphatic heterocycles. The highest BCUT2D eigenvalue weighted by Crippen LogP contribution is 2.25. The highest BCUT2D eigenvalue weighted by atomic mass is 15.1. The Labute approximate surface area is 130 Å². The van der Waals surface area contributed by atoms with Gasteiger partial charge in [-0.25, -0.2) is 15.0 Å². The van der Waals surface area contributed by atoms with Crippen molar-refractivity contribution in [2.24, 2.45) is 7.05 Å². The van der Waals surface area contributed by atoms with Gasteiger partial charge in [0.1, 0.15) is 18.0 Å². The van der Waals surface area contributed by atoms with Crippen LogP contribution in [-0.2, 0) is 19.9 Å². The minimum Gasteiger partial charge on any atom is -0.340 e. The molecule has 0 aliphatic carbocycles. The molecule has 0 amide bonds. The summed E-state index contributed by atoms with van der Waals surface area (Å²) in [4.78, 5) is 13.2. The van der Waals surface area contributed by atoms with E-state index in [0.29, 0.717) is 0 Å². The van der Waals surface area contributed by atoms with Crippen molar-refractivity contribution in [1.29, 1.82) is 0 Å². The lowest BCUT2D eigenvalue weighted by molar-refractivity contribution is 0.827. The first-order chi connectivity index (χ1) is 10.6. The van der Waals surface area contributed by atoms with Gasteiger partial charge in [-0.2, -0.15) is 0 Å². The lowest BCUT2D eigenvalue weighted by Crippen LogP contribution is -1.98. The Hall–Kier alpha value is -2.43. The van der Waals surface area contributed by atoms with E-state index in [1.54, 1.807) is 6.33 Å². The molecule has 0 bridgehead atoms. The number of nitrogens with one attached hydrogen (secondary N) is 1. The second-order valence-corrected chi connectivity index (χ2v) is 5.47. The van der Waals surface area contributed by atoms with Crippen LogP contribution in [0.3, 0.4) is 0 Å². The first-order valence-corrected chi connectivity index (χ1v) is 7.66. The highest BCUT2D eigenvalue weighted by Gasteiger charge is 2.10. The Bertz CT molecular complexity index is 819. The van der Waals surface area contributed by atoms with Crippen molar-refractivity contribution in [2.45, 2.75) is 33.6 Å². The van der Waals surface area contributed by atoms with Crippen molar-refractivity contribution >= 4 is 22.5 Å². The molecule has 0 saturated carbocycles. The highest BCUT2D eigenvalue weighted by molar-refractivity contribution is 5.84. The van der Waals surface area contributed by atoms with Crippen molar-refractivity contribution in [3.8, 4) is 0 Å². The van der Waals surface area contributed by atoms with Crippen LogP contribution in [0, 0.1) is 6.92 Å². The van der Waals surface area contributed by atoms with Gasteiger partial charge in [0.2, 0.25) is 0 Å². The number of nitrogens with zero attached hydrogens (tertiary/aromatic N) is 4. The van der Waals surface area contributed by atoms with E-state index < -0.39 is 0 Å². The van der Waals surface area contributed by atoms with Crippen LogP contribution in [0.4, 0.5) is 11.5 Å². The van der Waals surface area contributed by atoms with Crippen molar-refractivity contribution in [3.05, 3.63) is 41.6 Å². The zero-order valence-corrected chi connectivity index (χ0v) is 13.5. The molecule has 0 aliphatic rings. The predicted octanol–water partition coefficient (Wildman–Crippen LogP) is 3.54. The minimum absolute atomic E-state index is 0.817. The maximum Gasteiger partial charge on any atom is 0.133 e. The molecule has 0 radical (unpaired) electrons. The van der Waals surface area contributed by atoms with Crippen LogP contribution in [0.2, 0.25) is 0 Å². The number of hydrogen-bond donors (Lipinski definition) is 1. The summed E-state index contributed by atoms with van der Waals surface area (Å²) in [6, 6.07) is 6.20. The molecule has 5 nitrogen and oxygen atoms in total. The molecular formula is C17H21N5. The van der Waals surface area contributed by atoms with E-state index >= 15 is 0 Å². The van der Waals surface area contributed by atoms with Gasteiger partial charge in [-0.15, -0.1) is 0 Å². The van der Waals surface area contributed by atoms with Gasteiger partial charge in [0.15, 0.2) is 0 Å². The summed E-state index contributed by atoms with van der Waals surface area (Å²) in [6.45, 7) is 6.33. The third-order valence-corrected chi connectivity index (χ3v) is 3.93. The van der Waals surface area contributed by atoms with E-state index in [-0.39, 0.29) is 0 Å². The number of hydrogen-bond acceptors (Lipinski definition) is 4. The maximum atomic E-state index is 4.72. The van der Waals surface area contributed by atoms with E-state index in [1.807, 2.05) is 6.07 Å². The summed E-state index contributed by atoms with van der Waals surface area (Å²) in [7, 11) is 2.08. The van der Waals surface area contributed by atoms with E-state index in [4.69, 9.17) is 4.98 Å². The van der Waals surface area contributed by atoms with Crippen molar-refractivity contribution in [3.63, 3.8) is 0 Å².